The number of hydrogen-bond donors (Lipinski definition) is 2. The molecule has 0 bridgehead atoms. The first-order chi connectivity index (χ1) is 12.2. The van der Waals surface area contributed by atoms with Crippen LogP contribution in [0.2, 0.25) is 0 Å². The maximum absolute atomic E-state index is 12.7. The molecule has 0 aliphatic rings. The van der Waals surface area contributed by atoms with Gasteiger partial charge in [0.25, 0.3) is 0 Å². The summed E-state index contributed by atoms with van der Waals surface area (Å²) in [5.41, 5.74) is 1.73. The molecule has 3 heteroatoms. The molecule has 1 atom stereocenters. The van der Waals surface area contributed by atoms with E-state index in [4.69, 9.17) is 0 Å². The van der Waals surface area contributed by atoms with Gasteiger partial charge in [-0.1, -0.05) is 48.0 Å². The summed E-state index contributed by atoms with van der Waals surface area (Å²) < 4.78 is 0. The van der Waals surface area contributed by atoms with Gasteiger partial charge in [0, 0.05) is 12.0 Å². The van der Waals surface area contributed by atoms with Crippen LogP contribution in [0.15, 0.2) is 6.07 Å². The average molecular weight is 363 g/mol. The average Bonchev–Trinajstić information content (AvgIpc) is 2.58. The van der Waals surface area contributed by atoms with E-state index >= 15 is 0 Å². The van der Waals surface area contributed by atoms with E-state index in [0.29, 0.717) is 41.7 Å². The summed E-state index contributed by atoms with van der Waals surface area (Å²) in [6.07, 6.45) is 5.46. The van der Waals surface area contributed by atoms with Crippen molar-refractivity contribution in [2.24, 2.45) is 17.8 Å². The number of carbonyl (C=O) groups excluding carboxylic acids is 1. The van der Waals surface area contributed by atoms with Crippen molar-refractivity contribution in [1.82, 2.24) is 0 Å². The van der Waals surface area contributed by atoms with Crippen molar-refractivity contribution in [2.75, 3.05) is 0 Å². The van der Waals surface area contributed by atoms with Crippen LogP contribution >= 0.6 is 0 Å². The second-order valence-corrected chi connectivity index (χ2v) is 8.60. The zero-order chi connectivity index (χ0) is 19.9. The van der Waals surface area contributed by atoms with Crippen molar-refractivity contribution >= 4 is 5.78 Å². The molecule has 148 valence electrons. The Kier molecular flexibility index (Phi) is 9.18. The number of carbonyl (C=O) groups is 1. The van der Waals surface area contributed by atoms with Gasteiger partial charge in [-0.05, 0) is 61.5 Å². The lowest BCUT2D eigenvalue weighted by atomic mass is 9.90. The standard InChI is InChI=1S/C23H38O3/c1-7-17(6)10-13-21(24)20-14-18(11-8-15(2)3)22(25)19(23(20)26)12-9-16(4)5/h14-17,25-26H,7-13H2,1-6H3. The third-order valence-electron chi connectivity index (χ3n) is 5.27. The molecule has 0 aliphatic heterocycles. The minimum atomic E-state index is -0.0145. The Bertz CT molecular complexity index is 588. The monoisotopic (exact) mass is 362 g/mol. The molecule has 1 rings (SSSR count). The van der Waals surface area contributed by atoms with E-state index in [1.165, 1.54) is 0 Å². The number of ketones is 1. The Morgan fingerprint density at radius 1 is 0.923 bits per heavy atom. The van der Waals surface area contributed by atoms with Gasteiger partial charge in [0.1, 0.15) is 11.5 Å². The van der Waals surface area contributed by atoms with Gasteiger partial charge >= 0.3 is 0 Å². The summed E-state index contributed by atoms with van der Waals surface area (Å²) in [5.74, 6) is 1.65. The van der Waals surface area contributed by atoms with Crippen LogP contribution in [-0.4, -0.2) is 16.0 Å². The maximum Gasteiger partial charge on any atom is 0.166 e. The van der Waals surface area contributed by atoms with Gasteiger partial charge in [0.05, 0.1) is 5.56 Å². The summed E-state index contributed by atoms with van der Waals surface area (Å²) >= 11 is 0. The van der Waals surface area contributed by atoms with Crippen molar-refractivity contribution in [2.45, 2.75) is 86.5 Å². The fourth-order valence-corrected chi connectivity index (χ4v) is 3.01. The fourth-order valence-electron chi connectivity index (χ4n) is 3.01. The largest absolute Gasteiger partial charge is 0.507 e. The predicted molar refractivity (Wildman–Crippen MR) is 109 cm³/mol. The topological polar surface area (TPSA) is 57.5 Å². The quantitative estimate of drug-likeness (QED) is 0.455. The van der Waals surface area contributed by atoms with Gasteiger partial charge in [-0.25, -0.2) is 0 Å². The highest BCUT2D eigenvalue weighted by molar-refractivity contribution is 5.99. The molecule has 0 aliphatic carbocycles. The molecule has 0 fully saturated rings. The van der Waals surface area contributed by atoms with Crippen molar-refractivity contribution in [3.05, 3.63) is 22.8 Å². The molecule has 0 spiro atoms. The summed E-state index contributed by atoms with van der Waals surface area (Å²) in [6.45, 7) is 12.8. The Labute approximate surface area is 159 Å². The highest BCUT2D eigenvalue weighted by Crippen LogP contribution is 2.37. The predicted octanol–water partition coefficient (Wildman–Crippen LogP) is 6.28. The van der Waals surface area contributed by atoms with Gasteiger partial charge in [-0.15, -0.1) is 0 Å². The van der Waals surface area contributed by atoms with E-state index in [0.717, 1.165) is 37.7 Å². The van der Waals surface area contributed by atoms with E-state index in [-0.39, 0.29) is 17.3 Å². The van der Waals surface area contributed by atoms with Crippen LogP contribution in [0.5, 0.6) is 11.5 Å². The highest BCUT2D eigenvalue weighted by Gasteiger charge is 2.21. The lowest BCUT2D eigenvalue weighted by Gasteiger charge is -2.17. The first-order valence-corrected chi connectivity index (χ1v) is 10.3. The second-order valence-electron chi connectivity index (χ2n) is 8.60. The minimum Gasteiger partial charge on any atom is -0.507 e. The lowest BCUT2D eigenvalue weighted by Crippen LogP contribution is -2.07. The van der Waals surface area contributed by atoms with Gasteiger partial charge < -0.3 is 10.2 Å². The second kappa shape index (κ2) is 10.6. The summed E-state index contributed by atoms with van der Waals surface area (Å²) in [5, 5.41) is 21.4. The van der Waals surface area contributed by atoms with Crippen LogP contribution < -0.4 is 0 Å². The zero-order valence-electron chi connectivity index (χ0n) is 17.6. The molecule has 2 N–H and O–H groups in total. The molecule has 0 saturated carbocycles. The summed E-state index contributed by atoms with van der Waals surface area (Å²) in [6, 6.07) is 1.73. The number of aryl methyl sites for hydroxylation is 1. The van der Waals surface area contributed by atoms with Crippen molar-refractivity contribution in [1.29, 1.82) is 0 Å². The SMILES string of the molecule is CCC(C)CCC(=O)c1cc(CCC(C)C)c(O)c(CCC(C)C)c1O. The number of hydrogen-bond acceptors (Lipinski definition) is 3. The van der Waals surface area contributed by atoms with Crippen molar-refractivity contribution in [3.8, 4) is 11.5 Å². The van der Waals surface area contributed by atoms with E-state index < -0.39 is 0 Å². The lowest BCUT2D eigenvalue weighted by molar-refractivity contribution is 0.0971. The summed E-state index contributed by atoms with van der Waals surface area (Å²) in [4.78, 5) is 12.7. The Morgan fingerprint density at radius 2 is 1.50 bits per heavy atom. The van der Waals surface area contributed by atoms with Gasteiger partial charge in [0.2, 0.25) is 0 Å². The Hall–Kier alpha value is -1.51. The van der Waals surface area contributed by atoms with Crippen LogP contribution in [0, 0.1) is 17.8 Å². The summed E-state index contributed by atoms with van der Waals surface area (Å²) in [7, 11) is 0. The molecule has 0 aromatic heterocycles. The molecular formula is C23H38O3. The van der Waals surface area contributed by atoms with E-state index in [9.17, 15) is 15.0 Å². The van der Waals surface area contributed by atoms with Crippen LogP contribution in [0.4, 0.5) is 0 Å². The molecular weight excluding hydrogens is 324 g/mol. The molecule has 0 amide bonds. The molecule has 3 nitrogen and oxygen atoms in total. The highest BCUT2D eigenvalue weighted by atomic mass is 16.3. The van der Waals surface area contributed by atoms with Crippen molar-refractivity contribution < 1.29 is 15.0 Å². The molecule has 1 aromatic rings. The van der Waals surface area contributed by atoms with E-state index in [1.807, 2.05) is 0 Å². The number of benzene rings is 1. The normalized spacial score (nSPS) is 12.8. The third-order valence-corrected chi connectivity index (χ3v) is 5.27. The molecule has 1 aromatic carbocycles. The number of phenolic OH excluding ortho intramolecular Hbond substituents is 2. The maximum atomic E-state index is 12.7. The Balaban J connectivity index is 3.18. The molecule has 0 saturated heterocycles. The number of Topliss-reactive ketones (excluding diaryl/α,β-unsaturated/α-hetero) is 1. The van der Waals surface area contributed by atoms with Crippen LogP contribution in [-0.2, 0) is 12.8 Å². The minimum absolute atomic E-state index is 0.00871. The fraction of sp³-hybridized carbons (Fsp3) is 0.696. The van der Waals surface area contributed by atoms with Gasteiger partial charge in [0.15, 0.2) is 5.78 Å². The van der Waals surface area contributed by atoms with E-state index in [2.05, 4.69) is 41.5 Å². The van der Waals surface area contributed by atoms with Gasteiger partial charge in [-0.2, -0.15) is 0 Å². The number of rotatable bonds is 11. The first kappa shape index (κ1) is 22.5. The van der Waals surface area contributed by atoms with Crippen LogP contribution in [0.1, 0.15) is 95.1 Å². The Morgan fingerprint density at radius 3 is 2.04 bits per heavy atom. The third kappa shape index (κ3) is 6.66. The number of aromatic hydroxyl groups is 2. The number of phenols is 2. The molecule has 0 radical (unpaired) electrons. The first-order valence-electron chi connectivity index (χ1n) is 10.3. The molecule has 1 unspecified atom stereocenters. The van der Waals surface area contributed by atoms with Crippen molar-refractivity contribution in [3.63, 3.8) is 0 Å². The molecule has 26 heavy (non-hydrogen) atoms. The molecule has 0 heterocycles. The zero-order valence-corrected chi connectivity index (χ0v) is 17.6. The van der Waals surface area contributed by atoms with Crippen LogP contribution in [0.25, 0.3) is 0 Å². The van der Waals surface area contributed by atoms with Gasteiger partial charge in [-0.3, -0.25) is 4.79 Å². The smallest absolute Gasteiger partial charge is 0.166 e. The van der Waals surface area contributed by atoms with E-state index in [1.54, 1.807) is 6.07 Å². The van der Waals surface area contributed by atoms with Crippen LogP contribution in [0.3, 0.4) is 0 Å².